The van der Waals surface area contributed by atoms with Crippen molar-refractivity contribution in [3.63, 3.8) is 0 Å². The van der Waals surface area contributed by atoms with E-state index >= 15 is 0 Å². The van der Waals surface area contributed by atoms with Crippen LogP contribution in [0.4, 0.5) is 0 Å². The summed E-state index contributed by atoms with van der Waals surface area (Å²) in [7, 11) is 1.84. The molecule has 1 saturated heterocycles. The topological polar surface area (TPSA) is 86.9 Å². The Bertz CT molecular complexity index is 597. The fourth-order valence-electron chi connectivity index (χ4n) is 3.34. The Balaban J connectivity index is 0.00000392. The van der Waals surface area contributed by atoms with Gasteiger partial charge in [-0.15, -0.1) is 24.0 Å². The predicted molar refractivity (Wildman–Crippen MR) is 123 cm³/mol. The third-order valence-electron chi connectivity index (χ3n) is 4.65. The van der Waals surface area contributed by atoms with Gasteiger partial charge in [-0.3, -0.25) is 9.58 Å². The van der Waals surface area contributed by atoms with Crippen molar-refractivity contribution in [3.8, 4) is 0 Å². The van der Waals surface area contributed by atoms with E-state index in [4.69, 9.17) is 4.74 Å². The van der Waals surface area contributed by atoms with Crippen LogP contribution in [-0.2, 0) is 17.4 Å². The number of guanidine groups is 1. The molecule has 1 aromatic heterocycles. The normalized spacial score (nSPS) is 23.0. The molecule has 0 aliphatic carbocycles. The highest BCUT2D eigenvalue weighted by molar-refractivity contribution is 14.0. The zero-order valence-corrected chi connectivity index (χ0v) is 20.1. The maximum Gasteiger partial charge on any atom is 0.191 e. The maximum atomic E-state index is 10.7. The van der Waals surface area contributed by atoms with Crippen LogP contribution in [0.5, 0.6) is 0 Å². The molecule has 0 spiro atoms. The van der Waals surface area contributed by atoms with Crippen molar-refractivity contribution in [3.05, 3.63) is 18.0 Å². The summed E-state index contributed by atoms with van der Waals surface area (Å²) in [4.78, 5) is 7.01. The minimum Gasteiger partial charge on any atom is -0.383 e. The van der Waals surface area contributed by atoms with Crippen LogP contribution in [0.25, 0.3) is 0 Å². The van der Waals surface area contributed by atoms with Crippen molar-refractivity contribution < 1.29 is 9.84 Å². The summed E-state index contributed by atoms with van der Waals surface area (Å²) in [5.41, 5.74) is -0.281. The first-order valence-corrected chi connectivity index (χ1v) is 9.91. The van der Waals surface area contributed by atoms with Gasteiger partial charge < -0.3 is 20.5 Å². The monoisotopic (exact) mass is 508 g/mol. The summed E-state index contributed by atoms with van der Waals surface area (Å²) < 4.78 is 7.46. The number of hydrogen-bond acceptors (Lipinski definition) is 5. The SMILES string of the molecule is CCNC(=NCC(C)(O)c1cnn(C)c1)NCCCN1CC(C)OC(C)C1.I. The quantitative estimate of drug-likeness (QED) is 0.213. The average Bonchev–Trinajstić information content (AvgIpc) is 3.03. The standard InChI is InChI=1S/C19H36N6O2.HI/c1-6-20-18(22-14-19(4,26)17-10-23-24(5)13-17)21-8-7-9-25-11-15(2)27-16(3)12-25;/h10,13,15-16,26H,6-9,11-12,14H2,1-5H3,(H2,20,21,22);1H. The van der Waals surface area contributed by atoms with Gasteiger partial charge >= 0.3 is 0 Å². The highest BCUT2D eigenvalue weighted by Gasteiger charge is 2.25. The van der Waals surface area contributed by atoms with Gasteiger partial charge in [0.1, 0.15) is 5.60 Å². The van der Waals surface area contributed by atoms with E-state index in [0.717, 1.165) is 50.7 Å². The fourth-order valence-corrected chi connectivity index (χ4v) is 3.34. The summed E-state index contributed by atoms with van der Waals surface area (Å²) >= 11 is 0. The van der Waals surface area contributed by atoms with Crippen LogP contribution in [0.3, 0.4) is 0 Å². The molecule has 0 amide bonds. The number of ether oxygens (including phenoxy) is 1. The van der Waals surface area contributed by atoms with Crippen LogP contribution in [0, 0.1) is 0 Å². The van der Waals surface area contributed by atoms with Gasteiger partial charge in [-0.25, -0.2) is 4.99 Å². The lowest BCUT2D eigenvalue weighted by Crippen LogP contribution is -2.46. The lowest BCUT2D eigenvalue weighted by atomic mass is 10.0. The number of morpholine rings is 1. The molecule has 2 rings (SSSR count). The van der Waals surface area contributed by atoms with Gasteiger partial charge in [-0.2, -0.15) is 5.10 Å². The van der Waals surface area contributed by atoms with E-state index in [9.17, 15) is 5.11 Å². The smallest absolute Gasteiger partial charge is 0.191 e. The molecule has 8 nitrogen and oxygen atoms in total. The second kappa shape index (κ2) is 11.9. The van der Waals surface area contributed by atoms with E-state index in [1.165, 1.54) is 0 Å². The number of aliphatic imine (C=N–C) groups is 1. The van der Waals surface area contributed by atoms with Crippen molar-refractivity contribution in [2.75, 3.05) is 39.3 Å². The number of aryl methyl sites for hydroxylation is 1. The first kappa shape index (κ1) is 25.1. The molecule has 1 aliphatic heterocycles. The van der Waals surface area contributed by atoms with Crippen molar-refractivity contribution in [2.24, 2.45) is 12.0 Å². The van der Waals surface area contributed by atoms with Gasteiger partial charge in [0, 0.05) is 51.5 Å². The number of rotatable bonds is 8. The van der Waals surface area contributed by atoms with Crippen molar-refractivity contribution in [1.82, 2.24) is 25.3 Å². The molecule has 1 aliphatic rings. The molecule has 0 bridgehead atoms. The number of nitrogens with zero attached hydrogens (tertiary/aromatic N) is 4. The summed E-state index contributed by atoms with van der Waals surface area (Å²) in [6.45, 7) is 13.0. The molecule has 0 aromatic carbocycles. The minimum absolute atomic E-state index is 0. The van der Waals surface area contributed by atoms with Gasteiger partial charge in [-0.05, 0) is 34.1 Å². The third-order valence-corrected chi connectivity index (χ3v) is 4.65. The molecule has 3 unspecified atom stereocenters. The maximum absolute atomic E-state index is 10.7. The molecule has 28 heavy (non-hydrogen) atoms. The van der Waals surface area contributed by atoms with Crippen LogP contribution in [-0.4, -0.2) is 77.2 Å². The zero-order chi connectivity index (χ0) is 19.9. The summed E-state index contributed by atoms with van der Waals surface area (Å²) in [6, 6.07) is 0. The molecule has 2 heterocycles. The predicted octanol–water partition coefficient (Wildman–Crippen LogP) is 1.30. The Morgan fingerprint density at radius 1 is 1.36 bits per heavy atom. The van der Waals surface area contributed by atoms with Crippen LogP contribution in [0.1, 0.15) is 39.7 Å². The van der Waals surface area contributed by atoms with Crippen LogP contribution >= 0.6 is 24.0 Å². The largest absolute Gasteiger partial charge is 0.383 e. The van der Waals surface area contributed by atoms with Crippen LogP contribution in [0.15, 0.2) is 17.4 Å². The first-order chi connectivity index (χ1) is 12.8. The van der Waals surface area contributed by atoms with E-state index in [0.29, 0.717) is 12.2 Å². The van der Waals surface area contributed by atoms with E-state index in [1.807, 2.05) is 20.2 Å². The highest BCUT2D eigenvalue weighted by atomic mass is 127. The van der Waals surface area contributed by atoms with Gasteiger partial charge in [0.15, 0.2) is 5.96 Å². The van der Waals surface area contributed by atoms with E-state index < -0.39 is 5.60 Å². The van der Waals surface area contributed by atoms with Crippen LogP contribution in [0.2, 0.25) is 0 Å². The second-order valence-corrected chi connectivity index (χ2v) is 7.67. The number of halogens is 1. The molecular formula is C19H37IN6O2. The number of nitrogens with one attached hydrogen (secondary N) is 2. The Morgan fingerprint density at radius 2 is 2.04 bits per heavy atom. The molecule has 0 saturated carbocycles. The number of aromatic nitrogens is 2. The van der Waals surface area contributed by atoms with Crippen molar-refractivity contribution >= 4 is 29.9 Å². The summed E-state index contributed by atoms with van der Waals surface area (Å²) in [5.74, 6) is 0.727. The van der Waals surface area contributed by atoms with Gasteiger partial charge in [-0.1, -0.05) is 0 Å². The zero-order valence-electron chi connectivity index (χ0n) is 17.8. The molecule has 1 fully saturated rings. The van der Waals surface area contributed by atoms with Crippen molar-refractivity contribution in [2.45, 2.75) is 51.9 Å². The first-order valence-electron chi connectivity index (χ1n) is 9.91. The molecular weight excluding hydrogens is 471 g/mol. The molecule has 0 radical (unpaired) electrons. The molecule has 9 heteroatoms. The molecule has 1 aromatic rings. The molecule has 162 valence electrons. The fraction of sp³-hybridized carbons (Fsp3) is 0.789. The summed E-state index contributed by atoms with van der Waals surface area (Å²) in [6.07, 6.45) is 5.13. The average molecular weight is 508 g/mol. The second-order valence-electron chi connectivity index (χ2n) is 7.67. The van der Waals surface area contributed by atoms with Gasteiger partial charge in [0.2, 0.25) is 0 Å². The van der Waals surface area contributed by atoms with Gasteiger partial charge in [0.25, 0.3) is 0 Å². The lowest BCUT2D eigenvalue weighted by molar-refractivity contribution is -0.0679. The van der Waals surface area contributed by atoms with E-state index in [2.05, 4.69) is 39.5 Å². The number of aliphatic hydroxyl groups is 1. The molecule has 3 atom stereocenters. The van der Waals surface area contributed by atoms with Gasteiger partial charge in [0.05, 0.1) is 24.9 Å². The van der Waals surface area contributed by atoms with Crippen LogP contribution < -0.4 is 10.6 Å². The Morgan fingerprint density at radius 3 is 2.61 bits per heavy atom. The Kier molecular flexibility index (Phi) is 10.7. The third kappa shape index (κ3) is 8.22. The Hall–Kier alpha value is -0.910. The van der Waals surface area contributed by atoms with E-state index in [-0.39, 0.29) is 30.5 Å². The summed E-state index contributed by atoms with van der Waals surface area (Å²) in [5, 5.41) is 21.4. The molecule has 3 N–H and O–H groups in total. The minimum atomic E-state index is -1.04. The number of hydrogen-bond donors (Lipinski definition) is 3. The lowest BCUT2D eigenvalue weighted by Gasteiger charge is -2.35. The Labute approximate surface area is 186 Å². The van der Waals surface area contributed by atoms with Crippen molar-refractivity contribution in [1.29, 1.82) is 0 Å². The highest BCUT2D eigenvalue weighted by Crippen LogP contribution is 2.19. The van der Waals surface area contributed by atoms with E-state index in [1.54, 1.807) is 17.8 Å².